The lowest BCUT2D eigenvalue weighted by molar-refractivity contribution is 0.398. The molecule has 0 heterocycles. The average Bonchev–Trinajstić information content (AvgIpc) is 3.25. The van der Waals surface area contributed by atoms with E-state index in [4.69, 9.17) is 0 Å². The molecule has 0 spiro atoms. The van der Waals surface area contributed by atoms with Gasteiger partial charge in [0.15, 0.2) is 0 Å². The minimum atomic E-state index is -1.77. The van der Waals surface area contributed by atoms with Crippen LogP contribution in [0, 0.1) is 0 Å². The van der Waals surface area contributed by atoms with E-state index in [0.29, 0.717) is 0 Å². The van der Waals surface area contributed by atoms with Crippen LogP contribution in [0.4, 0.5) is 0 Å². The molecule has 0 N–H and O–H groups in total. The maximum Gasteiger partial charge on any atom is 0.0685 e. The van der Waals surface area contributed by atoms with Crippen LogP contribution in [0.1, 0.15) is 115 Å². The van der Waals surface area contributed by atoms with Crippen molar-refractivity contribution in [2.75, 3.05) is 0 Å². The van der Waals surface area contributed by atoms with Gasteiger partial charge in [0, 0.05) is 51.0 Å². The van der Waals surface area contributed by atoms with E-state index in [0.717, 1.165) is 0 Å². The summed E-state index contributed by atoms with van der Waals surface area (Å²) in [7, 11) is -9.06. The Hall–Kier alpha value is 0.175. The van der Waals surface area contributed by atoms with Crippen molar-refractivity contribution < 1.29 is 0 Å². The molecule has 0 aromatic heterocycles. The molecule has 3 rings (SSSR count). The predicted octanol–water partition coefficient (Wildman–Crippen LogP) is 15.3. The molecule has 0 atom stereocenters. The number of rotatable bonds is 22. The van der Waals surface area contributed by atoms with Gasteiger partial charge >= 0.3 is 0 Å². The summed E-state index contributed by atoms with van der Waals surface area (Å²) in [5.41, 5.74) is 7.02. The molecule has 2 aromatic rings. The van der Waals surface area contributed by atoms with Crippen LogP contribution in [-0.4, -0.2) is 58.8 Å². The Morgan fingerprint density at radius 2 is 0.600 bits per heavy atom. The van der Waals surface area contributed by atoms with Crippen molar-refractivity contribution in [1.82, 2.24) is 0 Å². The lowest BCUT2D eigenvalue weighted by atomic mass is 9.70. The maximum absolute atomic E-state index is 3.00. The molecule has 0 fully saturated rings. The topological polar surface area (TPSA) is 0 Å². The minimum Gasteiger partial charge on any atom is -0.0716 e. The van der Waals surface area contributed by atoms with Gasteiger partial charge in [-0.15, -0.1) is 0 Å². The van der Waals surface area contributed by atoms with Crippen LogP contribution in [-0.2, 0) is 5.41 Å². The van der Waals surface area contributed by atoms with Crippen molar-refractivity contribution in [1.29, 1.82) is 0 Å². The zero-order valence-corrected chi connectivity index (χ0v) is 48.9. The lowest BCUT2D eigenvalue weighted by Crippen LogP contribution is -2.88. The third kappa shape index (κ3) is 9.26. The van der Waals surface area contributed by atoms with Gasteiger partial charge in [-0.1, -0.05) is 256 Å². The normalized spacial score (nSPS) is 15.7. The fraction of sp³-hybridized carbons (Fsp3) is 0.745. The van der Waals surface area contributed by atoms with Gasteiger partial charge in [0.1, 0.15) is 0 Å². The van der Waals surface area contributed by atoms with E-state index in [2.05, 4.69) is 168 Å². The highest BCUT2D eigenvalue weighted by molar-refractivity contribution is 7.93. The molecule has 0 unspecified atom stereocenters. The van der Waals surface area contributed by atoms with Crippen molar-refractivity contribution in [3.63, 3.8) is 0 Å². The summed E-state index contributed by atoms with van der Waals surface area (Å²) in [6, 6.07) is 17.0. The first-order chi connectivity index (χ1) is 25.0. The molecule has 0 amide bonds. The summed E-state index contributed by atoms with van der Waals surface area (Å²) in [5.74, 6) is 0. The fourth-order valence-corrected chi connectivity index (χ4v) is 216. The molecule has 0 aliphatic heterocycles. The Morgan fingerprint density at radius 3 is 0.855 bits per heavy atom. The molecule has 55 heavy (non-hydrogen) atoms. The standard InChI is InChI=1S/C47H94Si8/c1-21-23-25-27-29-31-37-47(38-32-30-28-26-24-22-2)45-39-41(54(48(3,4)5,49(6,7)8)50(9,10)11)33-35-43(45)44-36-34-42(40-46(44)47)55(51(12,13)14,52(15,16)17)53(18,19)20/h33-36,39-40H,21-32,37-38H2,1-20H3. The molecule has 314 valence electrons. The number of fused-ring (bicyclic) bond motifs is 3. The van der Waals surface area contributed by atoms with E-state index in [1.807, 2.05) is 10.4 Å². The highest BCUT2D eigenvalue weighted by atomic mass is 29.9. The lowest BCUT2D eigenvalue weighted by Gasteiger charge is -2.58. The van der Waals surface area contributed by atoms with Gasteiger partial charge in [0.25, 0.3) is 0 Å². The van der Waals surface area contributed by atoms with Crippen molar-refractivity contribution in [2.24, 2.45) is 0 Å². The molecule has 0 saturated carbocycles. The Bertz CT molecular complexity index is 1360. The quantitative estimate of drug-likeness (QED) is 0.0816. The van der Waals surface area contributed by atoms with Gasteiger partial charge in [-0.05, 0) is 35.1 Å². The molecular formula is C47H94Si8. The monoisotopic (exact) mass is 883 g/mol. The largest absolute Gasteiger partial charge is 0.0716 e. The minimum absolute atomic E-state index is 0.156. The smallest absolute Gasteiger partial charge is 0.0685 e. The second kappa shape index (κ2) is 18.0. The Morgan fingerprint density at radius 1 is 0.345 bits per heavy atom. The van der Waals surface area contributed by atoms with Gasteiger partial charge in [0.05, 0.1) is 13.3 Å². The van der Waals surface area contributed by atoms with Crippen LogP contribution in [0.3, 0.4) is 0 Å². The Labute approximate surface area is 352 Å². The molecule has 0 saturated heterocycles. The Balaban J connectivity index is 2.52. The number of hydrogen-bond donors (Lipinski definition) is 0. The molecule has 0 nitrogen and oxygen atoms in total. The number of benzene rings is 2. The van der Waals surface area contributed by atoms with E-state index in [1.165, 1.54) is 89.9 Å². The van der Waals surface area contributed by atoms with E-state index in [-0.39, 0.29) is 5.41 Å². The van der Waals surface area contributed by atoms with Gasteiger partial charge in [-0.3, -0.25) is 0 Å². The number of unbranched alkanes of at least 4 members (excludes halogenated alkanes) is 10. The third-order valence-electron chi connectivity index (χ3n) is 14.9. The molecule has 2 aromatic carbocycles. The van der Waals surface area contributed by atoms with Crippen LogP contribution in [0.2, 0.25) is 118 Å². The first-order valence-corrected chi connectivity index (χ1v) is 54.3. The van der Waals surface area contributed by atoms with Crippen LogP contribution < -0.4 is 10.4 Å². The maximum atomic E-state index is 3.00. The Kier molecular flexibility index (Phi) is 16.2. The molecular weight excluding hydrogens is 789 g/mol. The van der Waals surface area contributed by atoms with Crippen LogP contribution in [0.15, 0.2) is 36.4 Å². The van der Waals surface area contributed by atoms with Crippen molar-refractivity contribution in [2.45, 2.75) is 227 Å². The van der Waals surface area contributed by atoms with E-state index >= 15 is 0 Å². The summed E-state index contributed by atoms with van der Waals surface area (Å²) in [6.45, 7) is 51.7. The van der Waals surface area contributed by atoms with Crippen LogP contribution in [0.25, 0.3) is 11.1 Å². The average molecular weight is 884 g/mol. The SMILES string of the molecule is CCCCCCCCC1(CCCCCCCC)c2cc([Si]([Si](C)(C)C)([Si](C)(C)C)[Si](C)(C)C)ccc2-c2ccc([Si]([Si](C)(C)C)([Si](C)(C)C)[Si](C)(C)C)cc21. The fourth-order valence-electron chi connectivity index (χ4n) is 15.4. The van der Waals surface area contributed by atoms with Gasteiger partial charge in [-0.2, -0.15) is 0 Å². The van der Waals surface area contributed by atoms with Crippen molar-refractivity contribution >= 4 is 69.2 Å². The van der Waals surface area contributed by atoms with Crippen LogP contribution in [0.5, 0.6) is 0 Å². The zero-order valence-electron chi connectivity index (χ0n) is 40.9. The summed E-state index contributed by atoms with van der Waals surface area (Å²) >= 11 is 0. The summed E-state index contributed by atoms with van der Waals surface area (Å²) < 4.78 is 0. The molecule has 1 aliphatic rings. The second-order valence-electron chi connectivity index (χ2n) is 24.6. The van der Waals surface area contributed by atoms with E-state index in [1.54, 1.807) is 22.3 Å². The molecule has 0 bridgehead atoms. The second-order valence-corrected chi connectivity index (χ2v) is 105. The van der Waals surface area contributed by atoms with Gasteiger partial charge < -0.3 is 0 Å². The van der Waals surface area contributed by atoms with Gasteiger partial charge in [0.2, 0.25) is 0 Å². The first-order valence-electron chi connectivity index (χ1n) is 23.3. The van der Waals surface area contributed by atoms with Crippen molar-refractivity contribution in [3.05, 3.63) is 47.5 Å². The summed E-state index contributed by atoms with van der Waals surface area (Å²) in [5, 5.41) is 3.81. The molecule has 8 heteroatoms. The van der Waals surface area contributed by atoms with Gasteiger partial charge in [-0.25, -0.2) is 0 Å². The summed E-state index contributed by atoms with van der Waals surface area (Å²) in [4.78, 5) is 0. The van der Waals surface area contributed by atoms with E-state index in [9.17, 15) is 0 Å². The zero-order chi connectivity index (χ0) is 42.1. The van der Waals surface area contributed by atoms with Crippen molar-refractivity contribution in [3.8, 4) is 11.1 Å². The molecule has 1 aliphatic carbocycles. The third-order valence-corrected chi connectivity index (χ3v) is 157. The summed E-state index contributed by atoms with van der Waals surface area (Å²) in [6.07, 6.45) is 19.4. The van der Waals surface area contributed by atoms with Crippen LogP contribution >= 0.6 is 0 Å². The van der Waals surface area contributed by atoms with E-state index < -0.39 is 58.8 Å². The highest BCUT2D eigenvalue weighted by Crippen LogP contribution is 2.55. The number of hydrogen-bond acceptors (Lipinski definition) is 0. The molecule has 0 radical (unpaired) electrons. The first kappa shape index (κ1) is 49.5. The predicted molar refractivity (Wildman–Crippen MR) is 279 cm³/mol. The highest BCUT2D eigenvalue weighted by Gasteiger charge is 2.64.